The van der Waals surface area contributed by atoms with Crippen molar-refractivity contribution >= 4 is 18.1 Å². The number of aromatic nitrogens is 2. The van der Waals surface area contributed by atoms with Crippen LogP contribution in [-0.2, 0) is 22.6 Å². The number of nitrogens with zero attached hydrogens (tertiary/aromatic N) is 2. The van der Waals surface area contributed by atoms with Crippen molar-refractivity contribution in [2.75, 3.05) is 11.9 Å². The van der Waals surface area contributed by atoms with E-state index in [1.807, 2.05) is 57.2 Å². The van der Waals surface area contributed by atoms with E-state index in [0.717, 1.165) is 33.5 Å². The highest BCUT2D eigenvalue weighted by Crippen LogP contribution is 2.25. The van der Waals surface area contributed by atoms with Crippen molar-refractivity contribution in [2.24, 2.45) is 0 Å². The second kappa shape index (κ2) is 9.95. The smallest absolute Gasteiger partial charge is 0.293 e. The minimum Gasteiger partial charge on any atom is -0.467 e. The molecule has 31 heavy (non-hydrogen) atoms. The maximum Gasteiger partial charge on any atom is 0.293 e. The lowest BCUT2D eigenvalue weighted by Crippen LogP contribution is -2.18. The van der Waals surface area contributed by atoms with E-state index in [-0.39, 0.29) is 19.1 Å². The maximum atomic E-state index is 13.1. The Bertz CT molecular complexity index is 1110. The molecule has 2 N–H and O–H groups in total. The van der Waals surface area contributed by atoms with Crippen molar-refractivity contribution in [2.45, 2.75) is 33.8 Å². The molecule has 2 aromatic heterocycles. The van der Waals surface area contributed by atoms with Gasteiger partial charge in [0.05, 0.1) is 24.6 Å². The molecule has 1 aromatic carbocycles. The normalized spacial score (nSPS) is 10.6. The first-order valence-electron chi connectivity index (χ1n) is 9.94. The van der Waals surface area contributed by atoms with Crippen LogP contribution >= 0.6 is 0 Å². The lowest BCUT2D eigenvalue weighted by atomic mass is 10.1. The van der Waals surface area contributed by atoms with Crippen LogP contribution in [0.3, 0.4) is 0 Å². The number of amides is 1. The number of nitrogens with one attached hydrogen (secondary N) is 1. The van der Waals surface area contributed by atoms with Crippen LogP contribution < -0.4 is 5.32 Å². The Balaban J connectivity index is 1.90. The second-order valence-electron chi connectivity index (χ2n) is 7.28. The molecule has 0 fully saturated rings. The van der Waals surface area contributed by atoms with E-state index in [2.05, 4.69) is 15.3 Å². The number of hydrogen-bond donors (Lipinski definition) is 2. The van der Waals surface area contributed by atoms with Crippen LogP contribution in [0.1, 0.15) is 38.4 Å². The summed E-state index contributed by atoms with van der Waals surface area (Å²) in [5.74, 6) is -0.315. The number of hydrogen-bond acceptors (Lipinski definition) is 6. The summed E-state index contributed by atoms with van der Waals surface area (Å²) >= 11 is 0. The number of aliphatic hydroxyl groups excluding tert-OH is 1. The van der Waals surface area contributed by atoms with Crippen LogP contribution in [-0.4, -0.2) is 34.1 Å². The van der Waals surface area contributed by atoms with Crippen LogP contribution in [0.5, 0.6) is 0 Å². The molecule has 0 spiro atoms. The van der Waals surface area contributed by atoms with Crippen molar-refractivity contribution in [1.29, 1.82) is 0 Å². The third kappa shape index (κ3) is 5.13. The molecule has 0 bridgehead atoms. The van der Waals surface area contributed by atoms with Gasteiger partial charge in [-0.3, -0.25) is 14.6 Å². The molecule has 7 heteroatoms. The van der Waals surface area contributed by atoms with Crippen molar-refractivity contribution < 1.29 is 19.4 Å². The number of aliphatic hydroxyl groups is 1. The van der Waals surface area contributed by atoms with E-state index in [1.165, 1.54) is 0 Å². The van der Waals surface area contributed by atoms with Crippen LogP contribution in [0.2, 0.25) is 0 Å². The predicted octanol–water partition coefficient (Wildman–Crippen LogP) is 3.53. The van der Waals surface area contributed by atoms with E-state index < -0.39 is 0 Å². The van der Waals surface area contributed by atoms with Gasteiger partial charge in [0.2, 0.25) is 0 Å². The highest BCUT2D eigenvalue weighted by molar-refractivity contribution is 6.05. The van der Waals surface area contributed by atoms with Gasteiger partial charge in [-0.2, -0.15) is 0 Å². The van der Waals surface area contributed by atoms with Gasteiger partial charge in [-0.1, -0.05) is 24.3 Å². The molecule has 0 saturated heterocycles. The summed E-state index contributed by atoms with van der Waals surface area (Å²) in [4.78, 5) is 32.5. The third-order valence-corrected chi connectivity index (χ3v) is 5.10. The number of aryl methyl sites for hydroxylation is 2. The van der Waals surface area contributed by atoms with E-state index in [9.17, 15) is 14.7 Å². The maximum absolute atomic E-state index is 13.1. The molecule has 0 radical (unpaired) electrons. The number of carbonyl (C=O) groups is 2. The Morgan fingerprint density at radius 3 is 2.71 bits per heavy atom. The molecule has 0 aliphatic carbocycles. The first-order chi connectivity index (χ1) is 14.9. The largest absolute Gasteiger partial charge is 0.467 e. The molecule has 1 amide bonds. The van der Waals surface area contributed by atoms with E-state index in [4.69, 9.17) is 4.74 Å². The molecule has 7 nitrogen and oxygen atoms in total. The van der Waals surface area contributed by atoms with Gasteiger partial charge < -0.3 is 15.2 Å². The molecule has 0 atom stereocenters. The number of ether oxygens (including phenoxy) is 1. The van der Waals surface area contributed by atoms with Crippen molar-refractivity contribution in [1.82, 2.24) is 9.97 Å². The molecule has 160 valence electrons. The number of pyridine rings is 2. The van der Waals surface area contributed by atoms with Gasteiger partial charge in [-0.15, -0.1) is 0 Å². The fourth-order valence-corrected chi connectivity index (χ4v) is 3.35. The van der Waals surface area contributed by atoms with Gasteiger partial charge in [-0.05, 0) is 55.2 Å². The predicted molar refractivity (Wildman–Crippen MR) is 118 cm³/mol. The zero-order valence-electron chi connectivity index (χ0n) is 17.8. The topological polar surface area (TPSA) is 101 Å². The zero-order valence-corrected chi connectivity index (χ0v) is 17.8. The number of rotatable bonds is 8. The summed E-state index contributed by atoms with van der Waals surface area (Å²) in [6.45, 7) is 6.16. The fraction of sp³-hybridized carbons (Fsp3) is 0.250. The average molecular weight is 419 g/mol. The van der Waals surface area contributed by atoms with Crippen LogP contribution in [0.15, 0.2) is 42.6 Å². The highest BCUT2D eigenvalue weighted by Gasteiger charge is 2.17. The summed E-state index contributed by atoms with van der Waals surface area (Å²) in [7, 11) is 0. The van der Waals surface area contributed by atoms with E-state index in [0.29, 0.717) is 30.0 Å². The molecule has 2 heterocycles. The van der Waals surface area contributed by atoms with Gasteiger partial charge >= 0.3 is 0 Å². The standard InChI is InChI=1S/C24H25N3O4/c1-15-7-8-21(19-6-4-5-18(11-19)13-28)26-23(15)24(30)27-22-16(2)12-25-20(17(22)3)9-10-31-14-29/h4-8,11-12,14,28H,9-10,13H2,1-3H3,(H,25,27,30). The third-order valence-electron chi connectivity index (χ3n) is 5.10. The Morgan fingerprint density at radius 2 is 1.97 bits per heavy atom. The Hall–Kier alpha value is -3.58. The number of carbonyl (C=O) groups excluding carboxylic acids is 2. The van der Waals surface area contributed by atoms with Gasteiger partial charge in [-0.25, -0.2) is 4.98 Å². The molecule has 0 aliphatic heterocycles. The molecule has 3 aromatic rings. The first kappa shape index (κ1) is 22.1. The van der Waals surface area contributed by atoms with E-state index in [1.54, 1.807) is 6.20 Å². The lowest BCUT2D eigenvalue weighted by molar-refractivity contribution is -0.128. The minimum atomic E-state index is -0.315. The quantitative estimate of drug-likeness (QED) is 0.428. The number of anilines is 1. The SMILES string of the molecule is Cc1ccc(-c2cccc(CO)c2)nc1C(=O)Nc1c(C)cnc(CCOC=O)c1C. The summed E-state index contributed by atoms with van der Waals surface area (Å²) < 4.78 is 4.77. The highest BCUT2D eigenvalue weighted by atomic mass is 16.5. The summed E-state index contributed by atoms with van der Waals surface area (Å²) in [5, 5.41) is 12.4. The van der Waals surface area contributed by atoms with Crippen LogP contribution in [0.25, 0.3) is 11.3 Å². The lowest BCUT2D eigenvalue weighted by Gasteiger charge is -2.15. The van der Waals surface area contributed by atoms with Crippen molar-refractivity contribution in [3.05, 3.63) is 76.2 Å². The summed E-state index contributed by atoms with van der Waals surface area (Å²) in [6.07, 6.45) is 2.15. The van der Waals surface area contributed by atoms with Gasteiger partial charge in [0.25, 0.3) is 12.4 Å². The Kier molecular flexibility index (Phi) is 7.10. The molecule has 0 unspecified atom stereocenters. The molecular formula is C24H25N3O4. The van der Waals surface area contributed by atoms with Crippen molar-refractivity contribution in [3.8, 4) is 11.3 Å². The molecule has 0 aliphatic rings. The van der Waals surface area contributed by atoms with Gasteiger partial charge in [0.15, 0.2) is 0 Å². The molecular weight excluding hydrogens is 394 g/mol. The van der Waals surface area contributed by atoms with E-state index >= 15 is 0 Å². The summed E-state index contributed by atoms with van der Waals surface area (Å²) in [6, 6.07) is 11.1. The van der Waals surface area contributed by atoms with Crippen LogP contribution in [0.4, 0.5) is 5.69 Å². The minimum absolute atomic E-state index is 0.0616. The monoisotopic (exact) mass is 419 g/mol. The second-order valence-corrected chi connectivity index (χ2v) is 7.28. The first-order valence-corrected chi connectivity index (χ1v) is 9.94. The summed E-state index contributed by atoms with van der Waals surface area (Å²) in [5.41, 5.74) is 6.42. The Labute approximate surface area is 181 Å². The molecule has 0 saturated carbocycles. The fourth-order valence-electron chi connectivity index (χ4n) is 3.35. The van der Waals surface area contributed by atoms with Gasteiger partial charge in [0.1, 0.15) is 5.69 Å². The zero-order chi connectivity index (χ0) is 22.4. The van der Waals surface area contributed by atoms with Crippen molar-refractivity contribution in [3.63, 3.8) is 0 Å². The Morgan fingerprint density at radius 1 is 1.16 bits per heavy atom. The molecule has 3 rings (SSSR count). The number of benzene rings is 1. The average Bonchev–Trinajstić information content (AvgIpc) is 2.78. The van der Waals surface area contributed by atoms with Crippen LogP contribution in [0, 0.1) is 20.8 Å². The van der Waals surface area contributed by atoms with Gasteiger partial charge in [0, 0.05) is 23.9 Å².